The van der Waals surface area contributed by atoms with E-state index in [4.69, 9.17) is 0 Å². The summed E-state index contributed by atoms with van der Waals surface area (Å²) >= 11 is 0. The van der Waals surface area contributed by atoms with Gasteiger partial charge in [-0.3, -0.25) is 19.6 Å². The molecular formula is C35H41N7O2. The van der Waals surface area contributed by atoms with Crippen molar-refractivity contribution < 1.29 is 9.59 Å². The van der Waals surface area contributed by atoms with E-state index in [0.717, 1.165) is 53.1 Å². The lowest BCUT2D eigenvalue weighted by molar-refractivity contribution is -0.123. The number of nitrogens with one attached hydrogen (secondary N) is 5. The summed E-state index contributed by atoms with van der Waals surface area (Å²) in [7, 11) is 0. The zero-order valence-corrected chi connectivity index (χ0v) is 25.2. The third-order valence-corrected chi connectivity index (χ3v) is 7.71. The van der Waals surface area contributed by atoms with Gasteiger partial charge < -0.3 is 26.6 Å². The first-order chi connectivity index (χ1) is 21.6. The molecule has 228 valence electrons. The molecule has 0 radical (unpaired) electrons. The highest BCUT2D eigenvalue weighted by atomic mass is 16.2. The Bertz CT molecular complexity index is 1550. The van der Waals surface area contributed by atoms with Gasteiger partial charge in [0.25, 0.3) is 5.91 Å². The van der Waals surface area contributed by atoms with E-state index in [1.54, 1.807) is 18.3 Å². The lowest BCUT2D eigenvalue weighted by Crippen LogP contribution is -2.48. The van der Waals surface area contributed by atoms with Crippen molar-refractivity contribution in [2.24, 2.45) is 4.99 Å². The van der Waals surface area contributed by atoms with Crippen LogP contribution in [-0.4, -0.2) is 48.4 Å². The van der Waals surface area contributed by atoms with Crippen molar-refractivity contribution in [3.8, 4) is 0 Å². The van der Waals surface area contributed by atoms with Gasteiger partial charge in [-0.2, -0.15) is 0 Å². The van der Waals surface area contributed by atoms with Crippen molar-refractivity contribution in [2.75, 3.05) is 19.6 Å². The van der Waals surface area contributed by atoms with Crippen LogP contribution in [0, 0.1) is 0 Å². The van der Waals surface area contributed by atoms with Crippen molar-refractivity contribution in [1.82, 2.24) is 31.6 Å². The van der Waals surface area contributed by atoms with Gasteiger partial charge in [0.05, 0.1) is 11.7 Å². The first kappa shape index (κ1) is 30.7. The van der Waals surface area contributed by atoms with Crippen LogP contribution in [0.5, 0.6) is 0 Å². The quantitative estimate of drug-likeness (QED) is 0.149. The second kappa shape index (κ2) is 15.6. The summed E-state index contributed by atoms with van der Waals surface area (Å²) in [4.78, 5) is 35.7. The summed E-state index contributed by atoms with van der Waals surface area (Å²) < 4.78 is 0. The average molecular weight is 592 g/mol. The van der Waals surface area contributed by atoms with Gasteiger partial charge in [-0.15, -0.1) is 0 Å². The summed E-state index contributed by atoms with van der Waals surface area (Å²) in [6, 6.07) is 26.6. The van der Waals surface area contributed by atoms with Crippen molar-refractivity contribution in [3.63, 3.8) is 0 Å². The molecule has 4 aromatic rings. The molecule has 0 fully saturated rings. The van der Waals surface area contributed by atoms with E-state index in [-0.39, 0.29) is 17.9 Å². The minimum atomic E-state index is -0.692. The number of rotatable bonds is 13. The molecule has 1 aliphatic rings. The Morgan fingerprint density at radius 1 is 0.909 bits per heavy atom. The number of aliphatic imine (C=N–C) groups is 1. The van der Waals surface area contributed by atoms with E-state index in [1.807, 2.05) is 61.5 Å². The molecule has 44 heavy (non-hydrogen) atoms. The third kappa shape index (κ3) is 8.64. The normalized spacial score (nSPS) is 14.2. The third-order valence-electron chi connectivity index (χ3n) is 7.71. The number of benzene rings is 3. The number of aromatic nitrogens is 1. The standard InChI is InChI=1S/C35H41N7O2/c1-25(30-13-6-10-27-9-2-3-12-31(27)30)41-34(44)32(14-7-20-38-35-39-21-8-22-40-35)42-33(43)28-17-15-26(16-18-28)23-36-24-29-11-4-5-19-37-29/h2-6,9-13,15-19,25,32,36H,7-8,14,20-24H2,1H3,(H,41,44)(H,42,43)(H2,38,39,40)/t25-,32-/m0/s1. The SMILES string of the molecule is C[C@H](NC(=O)[C@H](CCCNC1=NCCCN1)NC(=O)c1ccc(CNCc2ccccn2)cc1)c1cccc2ccccc12. The van der Waals surface area contributed by atoms with Crippen molar-refractivity contribution in [3.05, 3.63) is 114 Å². The monoisotopic (exact) mass is 591 g/mol. The number of carbonyl (C=O) groups excluding carboxylic acids is 2. The number of hydrogen-bond donors (Lipinski definition) is 5. The molecule has 0 unspecified atom stereocenters. The molecule has 0 saturated carbocycles. The highest BCUT2D eigenvalue weighted by Gasteiger charge is 2.23. The van der Waals surface area contributed by atoms with E-state index < -0.39 is 6.04 Å². The first-order valence-electron chi connectivity index (χ1n) is 15.4. The fourth-order valence-electron chi connectivity index (χ4n) is 5.31. The molecule has 9 heteroatoms. The van der Waals surface area contributed by atoms with E-state index in [0.29, 0.717) is 38.0 Å². The zero-order valence-electron chi connectivity index (χ0n) is 25.2. The lowest BCUT2D eigenvalue weighted by Gasteiger charge is -2.23. The summed E-state index contributed by atoms with van der Waals surface area (Å²) in [6.45, 7) is 5.65. The van der Waals surface area contributed by atoms with Gasteiger partial charge in [-0.25, -0.2) is 0 Å². The van der Waals surface area contributed by atoms with Gasteiger partial charge in [0.15, 0.2) is 5.96 Å². The maximum Gasteiger partial charge on any atom is 0.251 e. The largest absolute Gasteiger partial charge is 0.356 e. The fourth-order valence-corrected chi connectivity index (χ4v) is 5.31. The lowest BCUT2D eigenvalue weighted by atomic mass is 9.99. The minimum absolute atomic E-state index is 0.206. The van der Waals surface area contributed by atoms with Gasteiger partial charge in [0, 0.05) is 44.5 Å². The topological polar surface area (TPSA) is 120 Å². The molecule has 0 bridgehead atoms. The Morgan fingerprint density at radius 3 is 2.52 bits per heavy atom. The Kier molecular flexibility index (Phi) is 10.9. The minimum Gasteiger partial charge on any atom is -0.356 e. The van der Waals surface area contributed by atoms with Gasteiger partial charge in [0.1, 0.15) is 6.04 Å². The fraction of sp³-hybridized carbons (Fsp3) is 0.314. The van der Waals surface area contributed by atoms with Gasteiger partial charge >= 0.3 is 0 Å². The van der Waals surface area contributed by atoms with E-state index >= 15 is 0 Å². The first-order valence-corrected chi connectivity index (χ1v) is 15.4. The Balaban J connectivity index is 1.20. The number of nitrogens with zero attached hydrogens (tertiary/aromatic N) is 2. The van der Waals surface area contributed by atoms with Crippen LogP contribution in [0.4, 0.5) is 0 Å². The predicted octanol–water partition coefficient (Wildman–Crippen LogP) is 4.22. The van der Waals surface area contributed by atoms with Crippen LogP contribution >= 0.6 is 0 Å². The van der Waals surface area contributed by atoms with Gasteiger partial charge in [0.2, 0.25) is 5.91 Å². The van der Waals surface area contributed by atoms with Crippen LogP contribution in [0.2, 0.25) is 0 Å². The van der Waals surface area contributed by atoms with E-state index in [1.165, 1.54) is 0 Å². The highest BCUT2D eigenvalue weighted by Crippen LogP contribution is 2.24. The van der Waals surface area contributed by atoms with Crippen LogP contribution in [0.3, 0.4) is 0 Å². The van der Waals surface area contributed by atoms with Crippen LogP contribution < -0.4 is 26.6 Å². The highest BCUT2D eigenvalue weighted by molar-refractivity contribution is 5.97. The number of guanidine groups is 1. The summed E-state index contributed by atoms with van der Waals surface area (Å²) in [5.74, 6) is 0.310. The van der Waals surface area contributed by atoms with Gasteiger partial charge in [-0.05, 0) is 72.4 Å². The Labute approximate surface area is 259 Å². The molecule has 1 aromatic heterocycles. The molecule has 2 amide bonds. The molecule has 3 aromatic carbocycles. The Morgan fingerprint density at radius 2 is 1.73 bits per heavy atom. The molecule has 5 rings (SSSR count). The predicted molar refractivity (Wildman–Crippen MR) is 175 cm³/mol. The number of hydrogen-bond acceptors (Lipinski definition) is 7. The molecule has 0 spiro atoms. The second-order valence-corrected chi connectivity index (χ2v) is 11.0. The molecule has 2 heterocycles. The smallest absolute Gasteiger partial charge is 0.251 e. The molecule has 0 saturated heterocycles. The Hall–Kier alpha value is -4.76. The van der Waals surface area contributed by atoms with E-state index in [2.05, 4.69) is 54.8 Å². The molecule has 5 N–H and O–H groups in total. The summed E-state index contributed by atoms with van der Waals surface area (Å²) in [6.07, 6.45) is 3.97. The second-order valence-electron chi connectivity index (χ2n) is 11.0. The number of amides is 2. The maximum absolute atomic E-state index is 13.6. The van der Waals surface area contributed by atoms with Crippen LogP contribution in [-0.2, 0) is 17.9 Å². The van der Waals surface area contributed by atoms with Crippen LogP contribution in [0.1, 0.15) is 59.4 Å². The van der Waals surface area contributed by atoms with E-state index in [9.17, 15) is 9.59 Å². The van der Waals surface area contributed by atoms with Crippen molar-refractivity contribution in [1.29, 1.82) is 0 Å². The maximum atomic E-state index is 13.6. The molecular weight excluding hydrogens is 550 g/mol. The molecule has 9 nitrogen and oxygen atoms in total. The number of carbonyl (C=O) groups is 2. The molecule has 0 aliphatic carbocycles. The molecule has 1 aliphatic heterocycles. The number of fused-ring (bicyclic) bond motifs is 1. The van der Waals surface area contributed by atoms with Crippen molar-refractivity contribution in [2.45, 2.75) is 51.4 Å². The van der Waals surface area contributed by atoms with Crippen LogP contribution in [0.15, 0.2) is 96.1 Å². The van der Waals surface area contributed by atoms with Gasteiger partial charge in [-0.1, -0.05) is 60.7 Å². The average Bonchev–Trinajstić information content (AvgIpc) is 3.07. The molecule has 2 atom stereocenters. The number of pyridine rings is 1. The summed E-state index contributed by atoms with van der Waals surface area (Å²) in [5, 5.41) is 18.3. The van der Waals surface area contributed by atoms with Crippen molar-refractivity contribution >= 4 is 28.5 Å². The summed E-state index contributed by atoms with van der Waals surface area (Å²) in [5.41, 5.74) is 3.58. The zero-order chi connectivity index (χ0) is 30.6. The van der Waals surface area contributed by atoms with Crippen LogP contribution in [0.25, 0.3) is 10.8 Å².